The Morgan fingerprint density at radius 1 is 1.39 bits per heavy atom. The maximum absolute atomic E-state index is 11.7. The van der Waals surface area contributed by atoms with Crippen molar-refractivity contribution in [1.82, 2.24) is 0 Å². The van der Waals surface area contributed by atoms with Crippen molar-refractivity contribution in [2.75, 3.05) is 5.32 Å². The molecule has 0 saturated carbocycles. The van der Waals surface area contributed by atoms with Crippen LogP contribution in [0.1, 0.15) is 12.8 Å². The van der Waals surface area contributed by atoms with Crippen LogP contribution >= 0.6 is 31.9 Å². The number of carbonyl (C=O) groups excluding carboxylic acids is 1. The Balaban J connectivity index is 2.61. The molecule has 98 valence electrons. The lowest BCUT2D eigenvalue weighted by Crippen LogP contribution is -2.36. The first-order valence-electron chi connectivity index (χ1n) is 5.13. The summed E-state index contributed by atoms with van der Waals surface area (Å²) in [6.07, 6.45) is -0.0224. The van der Waals surface area contributed by atoms with Gasteiger partial charge in [0.2, 0.25) is 5.91 Å². The van der Waals surface area contributed by atoms with Gasteiger partial charge in [-0.15, -0.1) is 0 Å². The molecule has 4 N–H and O–H groups in total. The number of rotatable bonds is 5. The lowest BCUT2D eigenvalue weighted by Gasteiger charge is -2.12. The van der Waals surface area contributed by atoms with Crippen LogP contribution in [0.3, 0.4) is 0 Å². The van der Waals surface area contributed by atoms with Crippen LogP contribution in [0.15, 0.2) is 27.1 Å². The molecule has 0 spiro atoms. The zero-order valence-electron chi connectivity index (χ0n) is 9.32. The molecule has 0 aliphatic heterocycles. The molecule has 0 radical (unpaired) electrons. The Bertz CT molecular complexity index is 466. The smallest absolute Gasteiger partial charge is 0.303 e. The van der Waals surface area contributed by atoms with Gasteiger partial charge in [-0.25, -0.2) is 0 Å². The SMILES string of the molecule is NC(CCC(=O)O)C(=O)Nc1ccc(Br)cc1Br. The van der Waals surface area contributed by atoms with E-state index in [4.69, 9.17) is 10.8 Å². The van der Waals surface area contributed by atoms with Crippen molar-refractivity contribution in [2.24, 2.45) is 5.73 Å². The topological polar surface area (TPSA) is 92.4 Å². The molecule has 1 aromatic carbocycles. The van der Waals surface area contributed by atoms with Crippen molar-refractivity contribution in [3.8, 4) is 0 Å². The van der Waals surface area contributed by atoms with E-state index in [9.17, 15) is 9.59 Å². The molecule has 0 saturated heterocycles. The van der Waals surface area contributed by atoms with Crippen LogP contribution < -0.4 is 11.1 Å². The fourth-order valence-electron chi connectivity index (χ4n) is 1.23. The third-order valence-electron chi connectivity index (χ3n) is 2.19. The maximum Gasteiger partial charge on any atom is 0.303 e. The summed E-state index contributed by atoms with van der Waals surface area (Å²) in [6, 6.07) is 4.45. The summed E-state index contributed by atoms with van der Waals surface area (Å²) in [5.41, 5.74) is 6.19. The average molecular weight is 380 g/mol. The highest BCUT2D eigenvalue weighted by atomic mass is 79.9. The Morgan fingerprint density at radius 2 is 2.06 bits per heavy atom. The number of nitrogens with one attached hydrogen (secondary N) is 1. The van der Waals surface area contributed by atoms with E-state index in [0.29, 0.717) is 5.69 Å². The first-order valence-corrected chi connectivity index (χ1v) is 6.72. The Kier molecular flexibility index (Phi) is 5.77. The lowest BCUT2D eigenvalue weighted by atomic mass is 10.1. The van der Waals surface area contributed by atoms with Crippen LogP contribution in [0.4, 0.5) is 5.69 Å². The van der Waals surface area contributed by atoms with E-state index >= 15 is 0 Å². The normalized spacial score (nSPS) is 11.9. The first kappa shape index (κ1) is 15.1. The second-order valence-electron chi connectivity index (χ2n) is 3.65. The van der Waals surface area contributed by atoms with Crippen LogP contribution in [-0.2, 0) is 9.59 Å². The lowest BCUT2D eigenvalue weighted by molar-refractivity contribution is -0.137. The number of hydrogen-bond donors (Lipinski definition) is 3. The zero-order valence-corrected chi connectivity index (χ0v) is 12.5. The molecule has 1 rings (SSSR count). The fraction of sp³-hybridized carbons (Fsp3) is 0.273. The van der Waals surface area contributed by atoms with E-state index in [-0.39, 0.29) is 12.8 Å². The molecule has 7 heteroatoms. The van der Waals surface area contributed by atoms with E-state index in [1.165, 1.54) is 0 Å². The van der Waals surface area contributed by atoms with Crippen LogP contribution in [0, 0.1) is 0 Å². The largest absolute Gasteiger partial charge is 0.481 e. The third kappa shape index (κ3) is 4.75. The predicted molar refractivity (Wildman–Crippen MR) is 75.3 cm³/mol. The van der Waals surface area contributed by atoms with Crippen molar-refractivity contribution in [1.29, 1.82) is 0 Å². The summed E-state index contributed by atoms with van der Waals surface area (Å²) in [4.78, 5) is 22.1. The molecule has 0 aliphatic carbocycles. The molecule has 0 fully saturated rings. The van der Waals surface area contributed by atoms with Crippen molar-refractivity contribution in [2.45, 2.75) is 18.9 Å². The van der Waals surface area contributed by atoms with Crippen molar-refractivity contribution in [3.63, 3.8) is 0 Å². The molecule has 1 unspecified atom stereocenters. The fourth-order valence-corrected chi connectivity index (χ4v) is 2.37. The van der Waals surface area contributed by atoms with Crippen LogP contribution in [0.2, 0.25) is 0 Å². The predicted octanol–water partition coefficient (Wildman–Crippen LogP) is 2.34. The summed E-state index contributed by atoms with van der Waals surface area (Å²) in [5, 5.41) is 11.1. The van der Waals surface area contributed by atoms with Gasteiger partial charge in [0.1, 0.15) is 0 Å². The van der Waals surface area contributed by atoms with Crippen molar-refractivity contribution >= 4 is 49.4 Å². The summed E-state index contributed by atoms with van der Waals surface area (Å²) in [7, 11) is 0. The van der Waals surface area contributed by atoms with Gasteiger partial charge in [-0.05, 0) is 40.5 Å². The van der Waals surface area contributed by atoms with Crippen molar-refractivity contribution < 1.29 is 14.7 Å². The van der Waals surface area contributed by atoms with Crippen LogP contribution in [-0.4, -0.2) is 23.0 Å². The summed E-state index contributed by atoms with van der Waals surface area (Å²) >= 11 is 6.61. The van der Waals surface area contributed by atoms with Gasteiger partial charge in [0, 0.05) is 15.4 Å². The number of carbonyl (C=O) groups is 2. The highest BCUT2D eigenvalue weighted by Gasteiger charge is 2.15. The summed E-state index contributed by atoms with van der Waals surface area (Å²) in [5.74, 6) is -1.37. The zero-order chi connectivity index (χ0) is 13.7. The maximum atomic E-state index is 11.7. The number of amides is 1. The summed E-state index contributed by atoms with van der Waals surface area (Å²) in [6.45, 7) is 0. The standard InChI is InChI=1S/C11H12Br2N2O3/c12-6-1-3-9(7(13)5-6)15-11(18)8(14)2-4-10(16)17/h1,3,5,8H,2,4,14H2,(H,15,18)(H,16,17). The number of anilines is 1. The number of benzene rings is 1. The molecule has 1 aromatic rings. The highest BCUT2D eigenvalue weighted by Crippen LogP contribution is 2.26. The second-order valence-corrected chi connectivity index (χ2v) is 5.42. The molecular formula is C11H12Br2N2O3. The molecule has 18 heavy (non-hydrogen) atoms. The number of hydrogen-bond acceptors (Lipinski definition) is 3. The van der Waals surface area contributed by atoms with Gasteiger partial charge >= 0.3 is 5.97 Å². The Labute approximate surface area is 121 Å². The minimum atomic E-state index is -0.969. The van der Waals surface area contributed by atoms with Crippen LogP contribution in [0.5, 0.6) is 0 Å². The molecule has 1 amide bonds. The van der Waals surface area contributed by atoms with Gasteiger partial charge in [0.25, 0.3) is 0 Å². The second kappa shape index (κ2) is 6.86. The van der Waals surface area contributed by atoms with Gasteiger partial charge < -0.3 is 16.2 Å². The number of carboxylic acid groups (broad SMARTS) is 1. The van der Waals surface area contributed by atoms with Gasteiger partial charge in [-0.2, -0.15) is 0 Å². The van der Waals surface area contributed by atoms with E-state index < -0.39 is 17.9 Å². The molecule has 0 heterocycles. The molecule has 0 bridgehead atoms. The van der Waals surface area contributed by atoms with Gasteiger partial charge in [0.15, 0.2) is 0 Å². The van der Waals surface area contributed by atoms with Gasteiger partial charge in [-0.3, -0.25) is 9.59 Å². The summed E-state index contributed by atoms with van der Waals surface area (Å²) < 4.78 is 1.60. The van der Waals surface area contributed by atoms with E-state index in [0.717, 1.165) is 8.95 Å². The number of nitrogens with two attached hydrogens (primary N) is 1. The first-order chi connectivity index (χ1) is 8.40. The van der Waals surface area contributed by atoms with E-state index in [1.54, 1.807) is 18.2 Å². The minimum absolute atomic E-state index is 0.106. The average Bonchev–Trinajstić information content (AvgIpc) is 2.29. The van der Waals surface area contributed by atoms with Gasteiger partial charge in [0.05, 0.1) is 11.7 Å². The molecule has 1 atom stereocenters. The number of aliphatic carboxylic acids is 1. The molecule has 5 nitrogen and oxygen atoms in total. The Hall–Kier alpha value is -0.920. The van der Waals surface area contributed by atoms with E-state index in [2.05, 4.69) is 37.2 Å². The third-order valence-corrected chi connectivity index (χ3v) is 3.34. The minimum Gasteiger partial charge on any atom is -0.481 e. The van der Waals surface area contributed by atoms with Crippen LogP contribution in [0.25, 0.3) is 0 Å². The molecular weight excluding hydrogens is 368 g/mol. The number of halogens is 2. The monoisotopic (exact) mass is 378 g/mol. The van der Waals surface area contributed by atoms with Crippen molar-refractivity contribution in [3.05, 3.63) is 27.1 Å². The highest BCUT2D eigenvalue weighted by molar-refractivity contribution is 9.11. The number of carboxylic acids is 1. The quantitative estimate of drug-likeness (QED) is 0.732. The molecule has 0 aromatic heterocycles. The molecule has 0 aliphatic rings. The van der Waals surface area contributed by atoms with Gasteiger partial charge in [-0.1, -0.05) is 15.9 Å². The van der Waals surface area contributed by atoms with E-state index in [1.807, 2.05) is 0 Å². The Morgan fingerprint density at radius 3 is 2.61 bits per heavy atom.